The molecule has 0 bridgehead atoms. The lowest BCUT2D eigenvalue weighted by atomic mass is 9.93. The summed E-state index contributed by atoms with van der Waals surface area (Å²) in [5.74, 6) is -0.267. The molecule has 1 N–H and O–H groups in total. The molecule has 0 fully saturated rings. The summed E-state index contributed by atoms with van der Waals surface area (Å²) in [6.45, 7) is 0. The quantitative estimate of drug-likeness (QED) is 0.644. The Hall–Kier alpha value is -2.14. The van der Waals surface area contributed by atoms with Gasteiger partial charge in [0.25, 0.3) is 5.91 Å². The van der Waals surface area contributed by atoms with E-state index in [1.807, 2.05) is 36.4 Å². The third kappa shape index (κ3) is 2.41. The molecule has 0 spiro atoms. The Morgan fingerprint density at radius 1 is 0.920 bits per heavy atom. The molecule has 1 aliphatic rings. The Kier molecular flexibility index (Phi) is 3.91. The summed E-state index contributed by atoms with van der Waals surface area (Å²) in [5.41, 5.74) is 0.442. The van der Waals surface area contributed by atoms with Crippen LogP contribution in [0.25, 0.3) is 0 Å². The fourth-order valence-corrected chi connectivity index (χ4v) is 4.00. The zero-order valence-corrected chi connectivity index (χ0v) is 15.3. The number of hydrogen-bond donors (Lipinski definition) is 1. The van der Waals surface area contributed by atoms with Gasteiger partial charge in [-0.1, -0.05) is 63.9 Å². The van der Waals surface area contributed by atoms with Crippen molar-refractivity contribution in [3.05, 3.63) is 99.0 Å². The van der Waals surface area contributed by atoms with Crippen molar-refractivity contribution in [1.29, 1.82) is 0 Å². The predicted molar refractivity (Wildman–Crippen MR) is 102 cm³/mol. The monoisotopic (exact) mass is 413 g/mol. The van der Waals surface area contributed by atoms with Crippen LogP contribution in [0.15, 0.2) is 77.3 Å². The summed E-state index contributed by atoms with van der Waals surface area (Å²) in [4.78, 5) is 14.5. The van der Waals surface area contributed by atoms with Gasteiger partial charge in [-0.3, -0.25) is 9.69 Å². The lowest BCUT2D eigenvalue weighted by Crippen LogP contribution is -2.45. The molecule has 1 heterocycles. The van der Waals surface area contributed by atoms with Gasteiger partial charge in [-0.05, 0) is 36.4 Å². The van der Waals surface area contributed by atoms with Gasteiger partial charge in [0.15, 0.2) is 5.72 Å². The van der Waals surface area contributed by atoms with Crippen LogP contribution in [0.5, 0.6) is 0 Å². The van der Waals surface area contributed by atoms with E-state index in [0.29, 0.717) is 31.9 Å². The molecular formula is C20H13BrClNO2. The van der Waals surface area contributed by atoms with Gasteiger partial charge in [-0.25, -0.2) is 0 Å². The van der Waals surface area contributed by atoms with Gasteiger partial charge in [0.05, 0.1) is 0 Å². The van der Waals surface area contributed by atoms with Gasteiger partial charge in [-0.15, -0.1) is 0 Å². The predicted octanol–water partition coefficient (Wildman–Crippen LogP) is 4.96. The fraction of sp³-hybridized carbons (Fsp3) is 0.0500. The van der Waals surface area contributed by atoms with Crippen LogP contribution >= 0.6 is 27.5 Å². The van der Waals surface area contributed by atoms with E-state index in [9.17, 15) is 9.90 Å². The van der Waals surface area contributed by atoms with E-state index in [1.165, 1.54) is 4.90 Å². The van der Waals surface area contributed by atoms with Crippen LogP contribution in [-0.2, 0) is 5.72 Å². The minimum atomic E-state index is -1.65. The molecule has 0 saturated heterocycles. The first kappa shape index (κ1) is 16.3. The molecule has 1 amide bonds. The molecule has 124 valence electrons. The van der Waals surface area contributed by atoms with Gasteiger partial charge in [-0.2, -0.15) is 0 Å². The lowest BCUT2D eigenvalue weighted by molar-refractivity contribution is 0.0699. The highest BCUT2D eigenvalue weighted by molar-refractivity contribution is 9.10. The fourth-order valence-electron chi connectivity index (χ4n) is 3.27. The van der Waals surface area contributed by atoms with Crippen molar-refractivity contribution < 1.29 is 9.90 Å². The van der Waals surface area contributed by atoms with Crippen LogP contribution in [0.1, 0.15) is 21.5 Å². The summed E-state index contributed by atoms with van der Waals surface area (Å²) in [6, 6.07) is 21.4. The number of fused-ring (bicyclic) bond motifs is 1. The maximum Gasteiger partial charge on any atom is 0.261 e. The van der Waals surface area contributed by atoms with Crippen LogP contribution in [-0.4, -0.2) is 11.0 Å². The molecule has 3 nitrogen and oxygen atoms in total. The Balaban J connectivity index is 2.05. The zero-order chi connectivity index (χ0) is 17.6. The molecule has 25 heavy (non-hydrogen) atoms. The van der Waals surface area contributed by atoms with Gasteiger partial charge in [0, 0.05) is 31.9 Å². The summed E-state index contributed by atoms with van der Waals surface area (Å²) in [5, 5.41) is 12.3. The Morgan fingerprint density at radius 2 is 1.60 bits per heavy atom. The molecule has 0 aliphatic carbocycles. The second-order valence-corrected chi connectivity index (χ2v) is 7.11. The van der Waals surface area contributed by atoms with E-state index in [2.05, 4.69) is 15.9 Å². The van der Waals surface area contributed by atoms with Crippen LogP contribution < -0.4 is 4.90 Å². The van der Waals surface area contributed by atoms with E-state index in [0.717, 1.165) is 0 Å². The van der Waals surface area contributed by atoms with E-state index in [1.54, 1.807) is 36.4 Å². The zero-order valence-electron chi connectivity index (χ0n) is 13.0. The standard InChI is InChI=1S/C20H13BrClNO2/c21-18-9-5-4-8-16(18)20(25)17-12-13(22)10-11-15(17)19(24)23(20)14-6-2-1-3-7-14/h1-12,25H/t20-/m1/s1. The number of benzene rings is 3. The number of amides is 1. The molecule has 0 unspecified atom stereocenters. The molecule has 0 radical (unpaired) electrons. The smallest absolute Gasteiger partial charge is 0.261 e. The largest absolute Gasteiger partial charge is 0.363 e. The molecule has 0 aromatic heterocycles. The van der Waals surface area contributed by atoms with Gasteiger partial charge < -0.3 is 5.11 Å². The number of carbonyl (C=O) groups excluding carboxylic acids is 1. The molecule has 1 atom stereocenters. The summed E-state index contributed by atoms with van der Waals surface area (Å²) in [6.07, 6.45) is 0. The number of nitrogens with zero attached hydrogens (tertiary/aromatic N) is 1. The van der Waals surface area contributed by atoms with E-state index in [-0.39, 0.29) is 5.91 Å². The van der Waals surface area contributed by atoms with Crippen molar-refractivity contribution in [3.8, 4) is 0 Å². The maximum atomic E-state index is 13.1. The molecule has 1 aliphatic heterocycles. The number of para-hydroxylation sites is 1. The topological polar surface area (TPSA) is 40.5 Å². The van der Waals surface area contributed by atoms with E-state index >= 15 is 0 Å². The summed E-state index contributed by atoms with van der Waals surface area (Å²) in [7, 11) is 0. The number of rotatable bonds is 2. The van der Waals surface area contributed by atoms with Crippen molar-refractivity contribution >= 4 is 39.1 Å². The Bertz CT molecular complexity index is 976. The normalized spacial score (nSPS) is 19.2. The molecule has 4 rings (SSSR count). The van der Waals surface area contributed by atoms with Gasteiger partial charge in [0.1, 0.15) is 0 Å². The van der Waals surface area contributed by atoms with E-state index in [4.69, 9.17) is 11.6 Å². The molecule has 3 aromatic rings. The third-order valence-electron chi connectivity index (χ3n) is 4.38. The first-order chi connectivity index (χ1) is 12.0. The first-order valence-electron chi connectivity index (χ1n) is 7.70. The van der Waals surface area contributed by atoms with E-state index < -0.39 is 5.72 Å². The molecule has 5 heteroatoms. The van der Waals surface area contributed by atoms with Crippen LogP contribution in [0.2, 0.25) is 5.02 Å². The maximum absolute atomic E-state index is 13.1. The summed E-state index contributed by atoms with van der Waals surface area (Å²) < 4.78 is 0.707. The highest BCUT2D eigenvalue weighted by Crippen LogP contribution is 2.47. The second-order valence-electron chi connectivity index (χ2n) is 5.82. The van der Waals surface area contributed by atoms with Crippen LogP contribution in [0.4, 0.5) is 5.69 Å². The van der Waals surface area contributed by atoms with Crippen LogP contribution in [0, 0.1) is 0 Å². The third-order valence-corrected chi connectivity index (χ3v) is 5.30. The SMILES string of the molecule is O=C1c2ccc(Cl)cc2[C@](O)(c2ccccc2Br)N1c1ccccc1. The van der Waals surface area contributed by atoms with Crippen molar-refractivity contribution in [2.45, 2.75) is 5.72 Å². The van der Waals surface area contributed by atoms with Crippen LogP contribution in [0.3, 0.4) is 0 Å². The molecule has 0 saturated carbocycles. The van der Waals surface area contributed by atoms with Crippen molar-refractivity contribution in [3.63, 3.8) is 0 Å². The van der Waals surface area contributed by atoms with Crippen molar-refractivity contribution in [2.75, 3.05) is 4.90 Å². The average Bonchev–Trinajstić information content (AvgIpc) is 2.84. The van der Waals surface area contributed by atoms with Gasteiger partial charge >= 0.3 is 0 Å². The van der Waals surface area contributed by atoms with Crippen molar-refractivity contribution in [1.82, 2.24) is 0 Å². The number of hydrogen-bond acceptors (Lipinski definition) is 2. The average molecular weight is 415 g/mol. The van der Waals surface area contributed by atoms with Gasteiger partial charge in [0.2, 0.25) is 0 Å². The number of carbonyl (C=O) groups is 1. The van der Waals surface area contributed by atoms with Crippen molar-refractivity contribution in [2.24, 2.45) is 0 Å². The Morgan fingerprint density at radius 3 is 2.32 bits per heavy atom. The lowest BCUT2D eigenvalue weighted by Gasteiger charge is -2.35. The molecule has 3 aromatic carbocycles. The molecular weight excluding hydrogens is 402 g/mol. The first-order valence-corrected chi connectivity index (χ1v) is 8.87. The number of anilines is 1. The summed E-state index contributed by atoms with van der Waals surface area (Å²) >= 11 is 9.67. The minimum Gasteiger partial charge on any atom is -0.363 e. The highest BCUT2D eigenvalue weighted by atomic mass is 79.9. The highest BCUT2D eigenvalue weighted by Gasteiger charge is 2.51. The number of aliphatic hydroxyl groups is 1. The minimum absolute atomic E-state index is 0.267. The number of halogens is 2. The Labute approximate surface area is 158 Å². The second kappa shape index (κ2) is 5.99.